The summed E-state index contributed by atoms with van der Waals surface area (Å²) in [6.45, 7) is 6.16. The number of rotatable bonds is 7. The fourth-order valence-corrected chi connectivity index (χ4v) is 3.50. The number of nitrogens with zero attached hydrogens (tertiary/aromatic N) is 2. The Morgan fingerprint density at radius 3 is 2.47 bits per heavy atom. The molecule has 8 heteroatoms. The molecule has 160 valence electrons. The lowest BCUT2D eigenvalue weighted by Crippen LogP contribution is -2.33. The van der Waals surface area contributed by atoms with E-state index in [-0.39, 0.29) is 17.3 Å². The lowest BCUT2D eigenvalue weighted by molar-refractivity contribution is -0.384. The molecule has 0 bridgehead atoms. The molecule has 1 atom stereocenters. The molecule has 1 fully saturated rings. The summed E-state index contributed by atoms with van der Waals surface area (Å²) in [4.78, 5) is 25.5. The van der Waals surface area contributed by atoms with Crippen molar-refractivity contribution in [3.05, 3.63) is 52.6 Å². The average molecular weight is 412 g/mol. The average Bonchev–Trinajstić information content (AvgIpc) is 2.74. The topological polar surface area (TPSA) is 96.7 Å². The second-order valence-corrected chi connectivity index (χ2v) is 7.71. The summed E-state index contributed by atoms with van der Waals surface area (Å²) in [5.74, 6) is 0.829. The van der Waals surface area contributed by atoms with Gasteiger partial charge in [0.05, 0.1) is 17.7 Å². The molecule has 1 saturated heterocycles. The van der Waals surface area contributed by atoms with E-state index in [1.807, 2.05) is 12.1 Å². The van der Waals surface area contributed by atoms with E-state index in [9.17, 15) is 14.9 Å². The number of methoxy groups -OCH3 is 1. The van der Waals surface area contributed by atoms with Gasteiger partial charge in [0.15, 0.2) is 0 Å². The highest BCUT2D eigenvalue weighted by Gasteiger charge is 2.19. The summed E-state index contributed by atoms with van der Waals surface area (Å²) in [6, 6.07) is 11.6. The monoisotopic (exact) mass is 412 g/mol. The Kier molecular flexibility index (Phi) is 6.76. The molecule has 30 heavy (non-hydrogen) atoms. The minimum atomic E-state index is -0.546. The van der Waals surface area contributed by atoms with Crippen LogP contribution < -0.4 is 20.3 Å². The molecule has 0 spiro atoms. The van der Waals surface area contributed by atoms with Gasteiger partial charge in [-0.2, -0.15) is 0 Å². The third-order valence-electron chi connectivity index (χ3n) is 5.44. The minimum Gasteiger partial charge on any atom is -0.495 e. The molecule has 1 unspecified atom stereocenters. The summed E-state index contributed by atoms with van der Waals surface area (Å²) in [7, 11) is 1.45. The molecule has 0 aliphatic carbocycles. The van der Waals surface area contributed by atoms with Crippen molar-refractivity contribution in [2.45, 2.75) is 32.7 Å². The van der Waals surface area contributed by atoms with E-state index in [1.54, 1.807) is 6.92 Å². The maximum absolute atomic E-state index is 12.6. The number of nitro benzene ring substituents is 1. The Bertz CT molecular complexity index is 893. The van der Waals surface area contributed by atoms with Gasteiger partial charge in [-0.25, -0.2) is 0 Å². The number of amides is 1. The van der Waals surface area contributed by atoms with Crippen molar-refractivity contribution in [2.75, 3.05) is 35.7 Å². The van der Waals surface area contributed by atoms with Crippen LogP contribution in [0.3, 0.4) is 0 Å². The van der Waals surface area contributed by atoms with Crippen LogP contribution in [0.1, 0.15) is 26.7 Å². The quantitative estimate of drug-likeness (QED) is 0.520. The van der Waals surface area contributed by atoms with E-state index >= 15 is 0 Å². The molecular formula is C22H28N4O4. The summed E-state index contributed by atoms with van der Waals surface area (Å²) < 4.78 is 5.19. The molecule has 0 radical (unpaired) electrons. The molecule has 0 saturated carbocycles. The first-order valence-corrected chi connectivity index (χ1v) is 10.1. The zero-order chi connectivity index (χ0) is 21.7. The second kappa shape index (κ2) is 9.47. The molecule has 1 amide bonds. The van der Waals surface area contributed by atoms with Crippen molar-refractivity contribution in [2.24, 2.45) is 5.92 Å². The zero-order valence-corrected chi connectivity index (χ0v) is 17.6. The third-order valence-corrected chi connectivity index (χ3v) is 5.44. The van der Waals surface area contributed by atoms with Crippen molar-refractivity contribution in [1.29, 1.82) is 0 Å². The number of anilines is 3. The number of nitro groups is 1. The van der Waals surface area contributed by atoms with Crippen LogP contribution in [0.4, 0.5) is 22.7 Å². The van der Waals surface area contributed by atoms with Crippen LogP contribution in [0.2, 0.25) is 0 Å². The molecule has 2 aromatic carbocycles. The van der Waals surface area contributed by atoms with Crippen LogP contribution in [0.5, 0.6) is 5.75 Å². The van der Waals surface area contributed by atoms with Gasteiger partial charge in [0.25, 0.3) is 5.69 Å². The van der Waals surface area contributed by atoms with Gasteiger partial charge in [-0.3, -0.25) is 14.9 Å². The highest BCUT2D eigenvalue weighted by Crippen LogP contribution is 2.29. The Hall–Kier alpha value is -3.29. The van der Waals surface area contributed by atoms with Crippen molar-refractivity contribution >= 4 is 28.7 Å². The first-order chi connectivity index (χ1) is 14.4. The molecule has 1 heterocycles. The second-order valence-electron chi connectivity index (χ2n) is 7.71. The number of piperidine rings is 1. The van der Waals surface area contributed by atoms with Gasteiger partial charge in [-0.05, 0) is 56.0 Å². The van der Waals surface area contributed by atoms with Crippen LogP contribution in [-0.2, 0) is 4.79 Å². The molecule has 0 aromatic heterocycles. The van der Waals surface area contributed by atoms with E-state index in [0.717, 1.165) is 24.7 Å². The highest BCUT2D eigenvalue weighted by atomic mass is 16.6. The molecule has 1 aliphatic heterocycles. The first kappa shape index (κ1) is 21.4. The smallest absolute Gasteiger partial charge is 0.271 e. The molecule has 2 N–H and O–H groups in total. The highest BCUT2D eigenvalue weighted by molar-refractivity contribution is 5.97. The summed E-state index contributed by atoms with van der Waals surface area (Å²) >= 11 is 0. The SMILES string of the molecule is COc1ccc([N+](=O)[O-])cc1NC(=O)C(C)Nc1ccc(N2CCC(C)CC2)cc1. The summed E-state index contributed by atoms with van der Waals surface area (Å²) in [5.41, 5.74) is 2.16. The van der Waals surface area contributed by atoms with E-state index in [0.29, 0.717) is 5.75 Å². The standard InChI is InChI=1S/C22H28N4O4/c1-15-10-12-25(13-11-15)18-6-4-17(5-7-18)23-16(2)22(27)24-20-14-19(26(28)29)8-9-21(20)30-3/h4-9,14-16,23H,10-13H2,1-3H3,(H,24,27). The Labute approximate surface area is 176 Å². The van der Waals surface area contributed by atoms with Gasteiger partial charge >= 0.3 is 0 Å². The predicted octanol–water partition coefficient (Wildman–Crippen LogP) is 4.28. The van der Waals surface area contributed by atoms with Crippen LogP contribution >= 0.6 is 0 Å². The number of hydrogen-bond acceptors (Lipinski definition) is 6. The van der Waals surface area contributed by atoms with Crippen molar-refractivity contribution < 1.29 is 14.5 Å². The van der Waals surface area contributed by atoms with Crippen LogP contribution in [0, 0.1) is 16.0 Å². The lowest BCUT2D eigenvalue weighted by Gasteiger charge is -2.32. The maximum atomic E-state index is 12.6. The van der Waals surface area contributed by atoms with Gasteiger partial charge in [0, 0.05) is 36.6 Å². The normalized spacial score (nSPS) is 15.4. The van der Waals surface area contributed by atoms with Gasteiger partial charge in [0.1, 0.15) is 11.8 Å². The number of nitrogens with one attached hydrogen (secondary N) is 2. The minimum absolute atomic E-state index is 0.116. The Morgan fingerprint density at radius 1 is 1.20 bits per heavy atom. The summed E-state index contributed by atoms with van der Waals surface area (Å²) in [5, 5.41) is 16.9. The van der Waals surface area contributed by atoms with Gasteiger partial charge in [-0.1, -0.05) is 6.92 Å². The van der Waals surface area contributed by atoms with E-state index in [1.165, 1.54) is 43.8 Å². The number of carbonyl (C=O) groups excluding carboxylic acids is 1. The Morgan fingerprint density at radius 2 is 1.87 bits per heavy atom. The molecular weight excluding hydrogens is 384 g/mol. The molecule has 1 aliphatic rings. The largest absolute Gasteiger partial charge is 0.495 e. The third kappa shape index (κ3) is 5.20. The fraction of sp³-hybridized carbons (Fsp3) is 0.409. The zero-order valence-electron chi connectivity index (χ0n) is 17.6. The van der Waals surface area contributed by atoms with Crippen molar-refractivity contribution in [3.8, 4) is 5.75 Å². The predicted molar refractivity (Wildman–Crippen MR) is 118 cm³/mol. The van der Waals surface area contributed by atoms with Crippen LogP contribution in [0.25, 0.3) is 0 Å². The number of benzene rings is 2. The number of hydrogen-bond donors (Lipinski definition) is 2. The molecule has 3 rings (SSSR count). The van der Waals surface area contributed by atoms with Gasteiger partial charge < -0.3 is 20.3 Å². The number of ether oxygens (including phenoxy) is 1. The first-order valence-electron chi connectivity index (χ1n) is 10.1. The van der Waals surface area contributed by atoms with E-state index in [2.05, 4.69) is 34.6 Å². The van der Waals surface area contributed by atoms with Crippen LogP contribution in [0.15, 0.2) is 42.5 Å². The van der Waals surface area contributed by atoms with Crippen molar-refractivity contribution in [1.82, 2.24) is 0 Å². The summed E-state index contributed by atoms with van der Waals surface area (Å²) in [6.07, 6.45) is 2.41. The lowest BCUT2D eigenvalue weighted by atomic mass is 9.99. The van der Waals surface area contributed by atoms with Gasteiger partial charge in [0.2, 0.25) is 5.91 Å². The van der Waals surface area contributed by atoms with Crippen LogP contribution in [-0.4, -0.2) is 37.1 Å². The van der Waals surface area contributed by atoms with Crippen molar-refractivity contribution in [3.63, 3.8) is 0 Å². The molecule has 2 aromatic rings. The number of carbonyl (C=O) groups is 1. The maximum Gasteiger partial charge on any atom is 0.271 e. The number of non-ortho nitro benzene ring substituents is 1. The van der Waals surface area contributed by atoms with E-state index in [4.69, 9.17) is 4.74 Å². The Balaban J connectivity index is 1.62. The molecule has 8 nitrogen and oxygen atoms in total. The van der Waals surface area contributed by atoms with Gasteiger partial charge in [-0.15, -0.1) is 0 Å². The fourth-order valence-electron chi connectivity index (χ4n) is 3.50. The van der Waals surface area contributed by atoms with E-state index < -0.39 is 11.0 Å².